The van der Waals surface area contributed by atoms with E-state index < -0.39 is 4.92 Å². The van der Waals surface area contributed by atoms with Gasteiger partial charge in [0.05, 0.1) is 10.5 Å². The fourth-order valence-electron chi connectivity index (χ4n) is 1.44. The van der Waals surface area contributed by atoms with E-state index in [-0.39, 0.29) is 5.69 Å². The maximum absolute atomic E-state index is 10.6. The molecule has 0 fully saturated rings. The summed E-state index contributed by atoms with van der Waals surface area (Å²) in [4.78, 5) is 11.8. The second kappa shape index (κ2) is 6.04. The lowest BCUT2D eigenvalue weighted by Gasteiger charge is -2.04. The molecule has 0 aliphatic rings. The molecule has 0 unspecified atom stereocenters. The first-order valence-corrected chi connectivity index (χ1v) is 7.11. The van der Waals surface area contributed by atoms with Crippen LogP contribution in [0.3, 0.4) is 0 Å². The van der Waals surface area contributed by atoms with Crippen LogP contribution < -0.4 is 0 Å². The highest BCUT2D eigenvalue weighted by molar-refractivity contribution is 14.1. The third kappa shape index (κ3) is 3.45. The number of nitro groups is 1. The van der Waals surface area contributed by atoms with Gasteiger partial charge in [0.25, 0.3) is 5.69 Å². The lowest BCUT2D eigenvalue weighted by atomic mass is 10.2. The zero-order chi connectivity index (χ0) is 13.8. The molecule has 0 N–H and O–H groups in total. The number of nitro benzene ring substituents is 1. The Kier molecular flexibility index (Phi) is 4.39. The number of benzene rings is 2. The number of hydrogen-bond donors (Lipinski definition) is 0. The average Bonchev–Trinajstić information content (AvgIpc) is 2.41. The van der Waals surface area contributed by atoms with Crippen molar-refractivity contribution in [2.75, 3.05) is 0 Å². The van der Waals surface area contributed by atoms with Crippen molar-refractivity contribution >= 4 is 40.0 Å². The molecule has 0 aromatic heterocycles. The van der Waals surface area contributed by atoms with Crippen molar-refractivity contribution < 1.29 is 4.92 Å². The number of halogens is 1. The van der Waals surface area contributed by atoms with Crippen molar-refractivity contribution in [1.29, 1.82) is 5.26 Å². The van der Waals surface area contributed by atoms with E-state index in [1.54, 1.807) is 12.1 Å². The SMILES string of the molecule is N#Cc1cc(I)ccc1Sc1ccc([N+](=O)[O-])cc1. The molecule has 0 saturated heterocycles. The highest BCUT2D eigenvalue weighted by atomic mass is 127. The Morgan fingerprint density at radius 3 is 2.47 bits per heavy atom. The molecule has 0 bridgehead atoms. The van der Waals surface area contributed by atoms with Crippen LogP contribution in [0.1, 0.15) is 5.56 Å². The van der Waals surface area contributed by atoms with E-state index in [1.807, 2.05) is 18.2 Å². The molecule has 19 heavy (non-hydrogen) atoms. The van der Waals surface area contributed by atoms with Crippen LogP contribution in [0.5, 0.6) is 0 Å². The smallest absolute Gasteiger partial charge is 0.258 e. The summed E-state index contributed by atoms with van der Waals surface area (Å²) in [5, 5.41) is 19.6. The molecule has 0 aliphatic carbocycles. The monoisotopic (exact) mass is 382 g/mol. The van der Waals surface area contributed by atoms with Crippen molar-refractivity contribution in [2.45, 2.75) is 9.79 Å². The van der Waals surface area contributed by atoms with Gasteiger partial charge >= 0.3 is 0 Å². The third-order valence-corrected chi connectivity index (χ3v) is 4.09. The highest BCUT2D eigenvalue weighted by Crippen LogP contribution is 2.31. The summed E-state index contributed by atoms with van der Waals surface area (Å²) in [5.74, 6) is 0. The van der Waals surface area contributed by atoms with Gasteiger partial charge in [0.1, 0.15) is 6.07 Å². The first-order valence-electron chi connectivity index (χ1n) is 5.22. The number of non-ortho nitro benzene ring substituents is 1. The van der Waals surface area contributed by atoms with Gasteiger partial charge in [-0.15, -0.1) is 0 Å². The summed E-state index contributed by atoms with van der Waals surface area (Å²) in [6.45, 7) is 0. The van der Waals surface area contributed by atoms with Gasteiger partial charge in [-0.1, -0.05) is 11.8 Å². The van der Waals surface area contributed by atoms with E-state index in [2.05, 4.69) is 28.7 Å². The molecule has 2 aromatic carbocycles. The van der Waals surface area contributed by atoms with E-state index in [4.69, 9.17) is 5.26 Å². The quantitative estimate of drug-likeness (QED) is 0.453. The average molecular weight is 382 g/mol. The van der Waals surface area contributed by atoms with Crippen molar-refractivity contribution in [3.05, 3.63) is 61.7 Å². The summed E-state index contributed by atoms with van der Waals surface area (Å²) in [6, 6.07) is 14.1. The van der Waals surface area contributed by atoms with Crippen LogP contribution in [-0.2, 0) is 0 Å². The van der Waals surface area contributed by atoms with Crippen molar-refractivity contribution in [3.8, 4) is 6.07 Å². The lowest BCUT2D eigenvalue weighted by Crippen LogP contribution is -1.87. The van der Waals surface area contributed by atoms with Crippen LogP contribution in [0.25, 0.3) is 0 Å². The molecule has 6 heteroatoms. The molecule has 2 rings (SSSR count). The zero-order valence-corrected chi connectivity index (χ0v) is 12.5. The number of nitriles is 1. The second-order valence-electron chi connectivity index (χ2n) is 3.61. The zero-order valence-electron chi connectivity index (χ0n) is 9.54. The molecule has 0 amide bonds. The minimum atomic E-state index is -0.431. The summed E-state index contributed by atoms with van der Waals surface area (Å²) in [5.41, 5.74) is 0.669. The Bertz CT molecular complexity index is 665. The van der Waals surface area contributed by atoms with Gasteiger partial charge in [-0.05, 0) is 52.9 Å². The Hall–Kier alpha value is -1.59. The Morgan fingerprint density at radius 2 is 1.89 bits per heavy atom. The highest BCUT2D eigenvalue weighted by Gasteiger charge is 2.07. The maximum Gasteiger partial charge on any atom is 0.269 e. The Balaban J connectivity index is 2.26. The molecule has 0 saturated carbocycles. The molecule has 0 aliphatic heterocycles. The van der Waals surface area contributed by atoms with Crippen LogP contribution in [0.4, 0.5) is 5.69 Å². The van der Waals surface area contributed by atoms with Gasteiger partial charge in [0, 0.05) is 25.5 Å². The van der Waals surface area contributed by atoms with Gasteiger partial charge in [-0.3, -0.25) is 10.1 Å². The topological polar surface area (TPSA) is 66.9 Å². The molecular formula is C13H7IN2O2S. The van der Waals surface area contributed by atoms with Crippen LogP contribution in [-0.4, -0.2) is 4.92 Å². The fraction of sp³-hybridized carbons (Fsp3) is 0. The first kappa shape index (κ1) is 13.8. The molecule has 94 valence electrons. The van der Waals surface area contributed by atoms with Gasteiger partial charge in [0.15, 0.2) is 0 Å². The Labute approximate surface area is 127 Å². The predicted octanol–water partition coefficient (Wildman–Crippen LogP) is 4.22. The van der Waals surface area contributed by atoms with Crippen LogP contribution in [0.2, 0.25) is 0 Å². The minimum absolute atomic E-state index is 0.0625. The van der Waals surface area contributed by atoms with Crippen molar-refractivity contribution in [3.63, 3.8) is 0 Å². The van der Waals surface area contributed by atoms with E-state index in [1.165, 1.54) is 23.9 Å². The Morgan fingerprint density at radius 1 is 1.21 bits per heavy atom. The summed E-state index contributed by atoms with van der Waals surface area (Å²) in [7, 11) is 0. The van der Waals surface area contributed by atoms with Crippen molar-refractivity contribution in [1.82, 2.24) is 0 Å². The van der Waals surface area contributed by atoms with Gasteiger partial charge in [-0.2, -0.15) is 5.26 Å². The van der Waals surface area contributed by atoms with E-state index >= 15 is 0 Å². The maximum atomic E-state index is 10.6. The van der Waals surface area contributed by atoms with Gasteiger partial charge < -0.3 is 0 Å². The second-order valence-corrected chi connectivity index (χ2v) is 5.97. The molecular weight excluding hydrogens is 375 g/mol. The molecule has 0 radical (unpaired) electrons. The fourth-order valence-corrected chi connectivity index (χ4v) is 2.81. The molecule has 4 nitrogen and oxygen atoms in total. The predicted molar refractivity (Wildman–Crippen MR) is 81.1 cm³/mol. The standard InChI is InChI=1S/C13H7IN2O2S/c14-10-1-6-13(9(7-10)8-15)19-12-4-2-11(3-5-12)16(17)18/h1-7H. The molecule has 2 aromatic rings. The number of nitrogens with zero attached hydrogens (tertiary/aromatic N) is 2. The molecule has 0 atom stereocenters. The van der Waals surface area contributed by atoms with E-state index in [0.717, 1.165) is 13.4 Å². The summed E-state index contributed by atoms with van der Waals surface area (Å²) >= 11 is 3.57. The third-order valence-electron chi connectivity index (χ3n) is 2.34. The van der Waals surface area contributed by atoms with Gasteiger partial charge in [-0.25, -0.2) is 0 Å². The normalized spacial score (nSPS) is 9.89. The van der Waals surface area contributed by atoms with Crippen molar-refractivity contribution in [2.24, 2.45) is 0 Å². The van der Waals surface area contributed by atoms with Crippen LogP contribution >= 0.6 is 34.4 Å². The van der Waals surface area contributed by atoms with E-state index in [0.29, 0.717) is 5.56 Å². The van der Waals surface area contributed by atoms with E-state index in [9.17, 15) is 10.1 Å². The number of rotatable bonds is 3. The number of hydrogen-bond acceptors (Lipinski definition) is 4. The van der Waals surface area contributed by atoms with Crippen LogP contribution in [0.15, 0.2) is 52.3 Å². The minimum Gasteiger partial charge on any atom is -0.258 e. The summed E-state index contributed by atoms with van der Waals surface area (Å²) < 4.78 is 1.00. The summed E-state index contributed by atoms with van der Waals surface area (Å²) in [6.07, 6.45) is 0. The van der Waals surface area contributed by atoms with Crippen LogP contribution in [0, 0.1) is 25.0 Å². The first-order chi connectivity index (χ1) is 9.10. The molecule has 0 heterocycles. The largest absolute Gasteiger partial charge is 0.269 e. The lowest BCUT2D eigenvalue weighted by molar-refractivity contribution is -0.384. The van der Waals surface area contributed by atoms with Gasteiger partial charge in [0.2, 0.25) is 0 Å². The molecule has 0 spiro atoms.